The summed E-state index contributed by atoms with van der Waals surface area (Å²) in [5.41, 5.74) is 2.10. The molecule has 7 nitrogen and oxygen atoms in total. The first-order chi connectivity index (χ1) is 13.6. The monoisotopic (exact) mass is 384 g/mol. The molecule has 0 bridgehead atoms. The van der Waals surface area contributed by atoms with Gasteiger partial charge in [0.15, 0.2) is 11.5 Å². The van der Waals surface area contributed by atoms with Crippen LogP contribution in [0.4, 0.5) is 0 Å². The van der Waals surface area contributed by atoms with Crippen molar-refractivity contribution in [1.82, 2.24) is 10.3 Å². The van der Waals surface area contributed by atoms with Gasteiger partial charge >= 0.3 is 0 Å². The Labute approximate surface area is 163 Å². The zero-order chi connectivity index (χ0) is 20.1. The summed E-state index contributed by atoms with van der Waals surface area (Å²) in [6.45, 7) is 0.478. The quantitative estimate of drug-likeness (QED) is 0.623. The molecule has 28 heavy (non-hydrogen) atoms. The summed E-state index contributed by atoms with van der Waals surface area (Å²) in [5, 5.41) is 3.67. The van der Waals surface area contributed by atoms with E-state index in [0.717, 1.165) is 16.7 Å². The second kappa shape index (κ2) is 8.56. The lowest BCUT2D eigenvalue weighted by Gasteiger charge is -2.11. The highest BCUT2D eigenvalue weighted by Gasteiger charge is 2.19. The number of fused-ring (bicyclic) bond motifs is 1. The van der Waals surface area contributed by atoms with Crippen LogP contribution in [0.5, 0.6) is 23.0 Å². The molecule has 0 aliphatic carbocycles. The van der Waals surface area contributed by atoms with Gasteiger partial charge in [-0.05, 0) is 24.1 Å². The number of carbonyl (C=O) groups excluding carboxylic acids is 1. The number of aromatic nitrogens is 1. The second-order valence-electron chi connectivity index (χ2n) is 6.10. The Morgan fingerprint density at radius 1 is 0.929 bits per heavy atom. The van der Waals surface area contributed by atoms with E-state index in [4.69, 9.17) is 18.9 Å². The highest BCUT2D eigenvalue weighted by atomic mass is 16.5. The van der Waals surface area contributed by atoms with Crippen molar-refractivity contribution in [3.8, 4) is 23.0 Å². The maximum absolute atomic E-state index is 12.6. The fourth-order valence-corrected chi connectivity index (χ4v) is 3.17. The highest BCUT2D eigenvalue weighted by Crippen LogP contribution is 2.41. The number of ether oxygens (including phenoxy) is 4. The summed E-state index contributed by atoms with van der Waals surface area (Å²) >= 11 is 0. The van der Waals surface area contributed by atoms with Gasteiger partial charge in [-0.15, -0.1) is 0 Å². The van der Waals surface area contributed by atoms with Crippen molar-refractivity contribution in [3.63, 3.8) is 0 Å². The highest BCUT2D eigenvalue weighted by molar-refractivity contribution is 6.02. The minimum absolute atomic E-state index is 0.214. The molecule has 0 aliphatic heterocycles. The van der Waals surface area contributed by atoms with E-state index in [1.807, 2.05) is 24.3 Å². The number of hydrogen-bond donors (Lipinski definition) is 2. The molecule has 0 unspecified atom stereocenters. The van der Waals surface area contributed by atoms with Crippen molar-refractivity contribution in [2.45, 2.75) is 6.42 Å². The third kappa shape index (κ3) is 3.69. The van der Waals surface area contributed by atoms with Crippen LogP contribution in [0.2, 0.25) is 0 Å². The van der Waals surface area contributed by atoms with E-state index in [1.165, 1.54) is 0 Å². The van der Waals surface area contributed by atoms with E-state index in [2.05, 4.69) is 10.3 Å². The van der Waals surface area contributed by atoms with E-state index in [-0.39, 0.29) is 5.91 Å². The molecule has 0 atom stereocenters. The van der Waals surface area contributed by atoms with Crippen LogP contribution in [0, 0.1) is 0 Å². The summed E-state index contributed by atoms with van der Waals surface area (Å²) < 4.78 is 21.6. The Morgan fingerprint density at radius 3 is 2.32 bits per heavy atom. The molecule has 0 radical (unpaired) electrons. The predicted molar refractivity (Wildman–Crippen MR) is 107 cm³/mol. The third-order valence-corrected chi connectivity index (χ3v) is 4.56. The molecule has 1 amide bonds. The van der Waals surface area contributed by atoms with Gasteiger partial charge in [0.25, 0.3) is 5.91 Å². The predicted octanol–water partition coefficient (Wildman–Crippen LogP) is 3.17. The Morgan fingerprint density at radius 2 is 1.64 bits per heavy atom. The number of amides is 1. The number of benzene rings is 2. The van der Waals surface area contributed by atoms with E-state index in [9.17, 15) is 4.79 Å². The average molecular weight is 384 g/mol. The van der Waals surface area contributed by atoms with E-state index < -0.39 is 0 Å². The van der Waals surface area contributed by atoms with Gasteiger partial charge in [0, 0.05) is 18.0 Å². The summed E-state index contributed by atoms with van der Waals surface area (Å²) in [7, 11) is 6.31. The number of methoxy groups -OCH3 is 4. The van der Waals surface area contributed by atoms with Crippen LogP contribution in [0.1, 0.15) is 16.1 Å². The molecular formula is C21H24N2O5. The van der Waals surface area contributed by atoms with Gasteiger partial charge < -0.3 is 29.2 Å². The minimum atomic E-state index is -0.214. The summed E-state index contributed by atoms with van der Waals surface area (Å²) in [6.07, 6.45) is 0.663. The molecule has 0 fully saturated rings. The van der Waals surface area contributed by atoms with Gasteiger partial charge in [-0.25, -0.2) is 0 Å². The molecule has 3 aromatic rings. The van der Waals surface area contributed by atoms with Gasteiger partial charge in [-0.3, -0.25) is 4.79 Å². The smallest absolute Gasteiger partial charge is 0.267 e. The summed E-state index contributed by atoms with van der Waals surface area (Å²) in [5.74, 6) is 2.23. The Kier molecular flexibility index (Phi) is 5.93. The molecule has 7 heteroatoms. The second-order valence-corrected chi connectivity index (χ2v) is 6.10. The Bertz CT molecular complexity index is 980. The lowest BCUT2D eigenvalue weighted by Crippen LogP contribution is -2.26. The number of aromatic amines is 1. The number of para-hydroxylation sites is 1. The van der Waals surface area contributed by atoms with Crippen LogP contribution in [0.25, 0.3) is 10.9 Å². The SMILES string of the molecule is COc1ccccc1CCNC(=O)c1cc2c(OC)cc(OC)c(OC)c2[nH]1. The third-order valence-electron chi connectivity index (χ3n) is 4.56. The fraction of sp³-hybridized carbons (Fsp3) is 0.286. The van der Waals surface area contributed by atoms with E-state index in [1.54, 1.807) is 40.6 Å². The molecule has 2 N–H and O–H groups in total. The lowest BCUT2D eigenvalue weighted by molar-refractivity contribution is 0.0950. The molecule has 3 rings (SSSR count). The molecule has 1 heterocycles. The van der Waals surface area contributed by atoms with Crippen LogP contribution in [0.3, 0.4) is 0 Å². The average Bonchev–Trinajstić information content (AvgIpc) is 3.18. The molecule has 2 aromatic carbocycles. The maximum Gasteiger partial charge on any atom is 0.267 e. The van der Waals surface area contributed by atoms with Gasteiger partial charge in [0.1, 0.15) is 17.2 Å². The normalized spacial score (nSPS) is 10.6. The van der Waals surface area contributed by atoms with Crippen LogP contribution in [-0.2, 0) is 6.42 Å². The number of H-pyrrole nitrogens is 1. The number of hydrogen-bond acceptors (Lipinski definition) is 5. The first-order valence-corrected chi connectivity index (χ1v) is 8.84. The molecule has 0 spiro atoms. The molecule has 148 valence electrons. The standard InChI is InChI=1S/C21H24N2O5/c1-25-16-8-6-5-7-13(16)9-10-22-21(24)15-11-14-17(26-2)12-18(27-3)20(28-4)19(14)23-15/h5-8,11-12,23H,9-10H2,1-4H3,(H,22,24). The summed E-state index contributed by atoms with van der Waals surface area (Å²) in [4.78, 5) is 15.7. The van der Waals surface area contributed by atoms with Gasteiger partial charge in [-0.1, -0.05) is 18.2 Å². The van der Waals surface area contributed by atoms with Crippen LogP contribution in [0.15, 0.2) is 36.4 Å². The van der Waals surface area contributed by atoms with Gasteiger partial charge in [-0.2, -0.15) is 0 Å². The van der Waals surface area contributed by atoms with E-state index >= 15 is 0 Å². The van der Waals surface area contributed by atoms with Crippen molar-refractivity contribution in [2.24, 2.45) is 0 Å². The largest absolute Gasteiger partial charge is 0.496 e. The summed E-state index contributed by atoms with van der Waals surface area (Å²) in [6, 6.07) is 11.2. The van der Waals surface area contributed by atoms with Gasteiger partial charge in [0.2, 0.25) is 0 Å². The lowest BCUT2D eigenvalue weighted by atomic mass is 10.1. The maximum atomic E-state index is 12.6. The topological polar surface area (TPSA) is 81.8 Å². The van der Waals surface area contributed by atoms with Crippen molar-refractivity contribution in [1.29, 1.82) is 0 Å². The van der Waals surface area contributed by atoms with Crippen molar-refractivity contribution in [3.05, 3.63) is 47.7 Å². The van der Waals surface area contributed by atoms with E-state index in [0.29, 0.717) is 41.4 Å². The molecule has 0 saturated carbocycles. The van der Waals surface area contributed by atoms with Crippen molar-refractivity contribution in [2.75, 3.05) is 35.0 Å². The Hall–Kier alpha value is -3.35. The minimum Gasteiger partial charge on any atom is -0.496 e. The molecular weight excluding hydrogens is 360 g/mol. The fourth-order valence-electron chi connectivity index (χ4n) is 3.17. The zero-order valence-corrected chi connectivity index (χ0v) is 16.4. The van der Waals surface area contributed by atoms with Crippen LogP contribution >= 0.6 is 0 Å². The van der Waals surface area contributed by atoms with Crippen molar-refractivity contribution >= 4 is 16.8 Å². The van der Waals surface area contributed by atoms with Gasteiger partial charge in [0.05, 0.1) is 34.0 Å². The molecule has 1 aromatic heterocycles. The first-order valence-electron chi connectivity index (χ1n) is 8.84. The zero-order valence-electron chi connectivity index (χ0n) is 16.4. The van der Waals surface area contributed by atoms with Crippen molar-refractivity contribution < 1.29 is 23.7 Å². The molecule has 0 aliphatic rings. The molecule has 0 saturated heterocycles. The number of rotatable bonds is 8. The number of nitrogens with one attached hydrogen (secondary N) is 2. The van der Waals surface area contributed by atoms with Crippen LogP contribution < -0.4 is 24.3 Å². The van der Waals surface area contributed by atoms with Crippen LogP contribution in [-0.4, -0.2) is 45.9 Å². The Balaban J connectivity index is 1.80. The number of carbonyl (C=O) groups is 1. The first kappa shape index (κ1) is 19.4.